The second-order valence-electron chi connectivity index (χ2n) is 7.63. The molecule has 0 bridgehead atoms. The van der Waals surface area contributed by atoms with Crippen molar-refractivity contribution in [3.8, 4) is 11.1 Å². The number of aliphatic imine (C=N–C) groups is 1. The fourth-order valence-electron chi connectivity index (χ4n) is 3.89. The van der Waals surface area contributed by atoms with Crippen molar-refractivity contribution in [2.24, 2.45) is 12.0 Å². The average Bonchev–Trinajstić information content (AvgIpc) is 2.84. The molecule has 0 fully saturated rings. The van der Waals surface area contributed by atoms with Gasteiger partial charge in [0.25, 0.3) is 5.56 Å². The number of aryl methyl sites for hydroxylation is 1. The van der Waals surface area contributed by atoms with Gasteiger partial charge in [0.1, 0.15) is 0 Å². The highest BCUT2D eigenvalue weighted by Gasteiger charge is 2.25. The first kappa shape index (κ1) is 22.9. The van der Waals surface area contributed by atoms with Crippen LogP contribution in [0.1, 0.15) is 35.2 Å². The molecule has 1 aromatic heterocycles. The van der Waals surface area contributed by atoms with E-state index in [0.717, 1.165) is 39.1 Å². The quantitative estimate of drug-likeness (QED) is 0.516. The van der Waals surface area contributed by atoms with Crippen LogP contribution in [0.2, 0.25) is 10.0 Å². The fraction of sp³-hybridized carbons (Fsp3) is 0.217. The number of aromatic nitrogens is 1. The van der Waals surface area contributed by atoms with Crippen LogP contribution in [0.3, 0.4) is 0 Å². The second kappa shape index (κ2) is 9.29. The van der Waals surface area contributed by atoms with Crippen molar-refractivity contribution in [1.29, 1.82) is 0 Å². The molecule has 3 aromatic rings. The standard InChI is InChI=1S/C23H21Cl2N3O3S/c1-13-17-11-22(29)28(2)12-20(17)18-9-15(7-8-26-32(30)31)21(25)10-19(18)23(27-13)14-3-5-16(24)6-4-14/h3-6,9-13,26H,7-8H2,1-2H3,(H,30,31). The van der Waals surface area contributed by atoms with E-state index >= 15 is 0 Å². The van der Waals surface area contributed by atoms with Gasteiger partial charge < -0.3 is 4.57 Å². The van der Waals surface area contributed by atoms with Crippen LogP contribution in [0.25, 0.3) is 11.1 Å². The molecule has 0 spiro atoms. The van der Waals surface area contributed by atoms with Crippen LogP contribution in [0, 0.1) is 0 Å². The number of fused-ring (bicyclic) bond motifs is 3. The van der Waals surface area contributed by atoms with Crippen molar-refractivity contribution in [3.05, 3.63) is 91.3 Å². The third-order valence-corrected chi connectivity index (χ3v) is 6.56. The number of hydrogen-bond donors (Lipinski definition) is 2. The first-order valence-corrected chi connectivity index (χ1v) is 11.8. The van der Waals surface area contributed by atoms with E-state index in [0.29, 0.717) is 16.5 Å². The maximum absolute atomic E-state index is 12.4. The van der Waals surface area contributed by atoms with Gasteiger partial charge in [-0.15, -0.1) is 0 Å². The second-order valence-corrected chi connectivity index (χ2v) is 9.27. The molecule has 1 aliphatic rings. The van der Waals surface area contributed by atoms with Crippen LogP contribution in [0.4, 0.5) is 0 Å². The molecule has 32 heavy (non-hydrogen) atoms. The van der Waals surface area contributed by atoms with Gasteiger partial charge in [-0.1, -0.05) is 35.3 Å². The number of hydrogen-bond acceptors (Lipinski definition) is 3. The van der Waals surface area contributed by atoms with E-state index in [9.17, 15) is 9.00 Å². The Balaban J connectivity index is 1.95. The molecule has 2 atom stereocenters. The summed E-state index contributed by atoms with van der Waals surface area (Å²) in [5.41, 5.74) is 5.86. The molecule has 2 unspecified atom stereocenters. The lowest BCUT2D eigenvalue weighted by atomic mass is 9.90. The largest absolute Gasteiger partial charge is 0.318 e. The van der Waals surface area contributed by atoms with E-state index < -0.39 is 11.3 Å². The smallest absolute Gasteiger partial charge is 0.250 e. The minimum atomic E-state index is -2.09. The topological polar surface area (TPSA) is 83.7 Å². The zero-order valence-electron chi connectivity index (χ0n) is 17.4. The Kier molecular flexibility index (Phi) is 6.65. The van der Waals surface area contributed by atoms with Gasteiger partial charge in [0.05, 0.1) is 11.8 Å². The first-order valence-electron chi connectivity index (χ1n) is 9.96. The SMILES string of the molecule is CC1N=C(c2ccc(Cl)cc2)c2cc(Cl)c(CCNS(=O)O)cc2-c2cn(C)c(=O)cc21. The highest BCUT2D eigenvalue weighted by atomic mass is 35.5. The Bertz CT molecular complexity index is 1300. The predicted octanol–water partition coefficient (Wildman–Crippen LogP) is 4.54. The Hall–Kier alpha value is -2.29. The summed E-state index contributed by atoms with van der Waals surface area (Å²) in [7, 11) is 1.72. The molecule has 0 radical (unpaired) electrons. The lowest BCUT2D eigenvalue weighted by Crippen LogP contribution is -2.19. The number of nitrogens with zero attached hydrogens (tertiary/aromatic N) is 2. The average molecular weight is 490 g/mol. The molecule has 0 amide bonds. The predicted molar refractivity (Wildman–Crippen MR) is 130 cm³/mol. The maximum Gasteiger partial charge on any atom is 0.250 e. The van der Waals surface area contributed by atoms with Crippen molar-refractivity contribution >= 4 is 40.2 Å². The van der Waals surface area contributed by atoms with Crippen LogP contribution >= 0.6 is 23.2 Å². The summed E-state index contributed by atoms with van der Waals surface area (Å²) in [6.45, 7) is 2.25. The number of halogens is 2. The minimum Gasteiger partial charge on any atom is -0.318 e. The van der Waals surface area contributed by atoms with Gasteiger partial charge in [-0.2, -0.15) is 0 Å². The van der Waals surface area contributed by atoms with E-state index in [1.54, 1.807) is 17.7 Å². The summed E-state index contributed by atoms with van der Waals surface area (Å²) in [6.07, 6.45) is 2.29. The third-order valence-electron chi connectivity index (χ3n) is 5.50. The van der Waals surface area contributed by atoms with Gasteiger partial charge >= 0.3 is 0 Å². The van der Waals surface area contributed by atoms with Crippen LogP contribution < -0.4 is 10.3 Å². The van der Waals surface area contributed by atoms with Crippen molar-refractivity contribution < 1.29 is 8.76 Å². The fourth-order valence-corrected chi connectivity index (χ4v) is 4.55. The molecule has 2 aromatic carbocycles. The summed E-state index contributed by atoms with van der Waals surface area (Å²) in [5, 5.41) is 1.17. The minimum absolute atomic E-state index is 0.105. The zero-order chi connectivity index (χ0) is 23.0. The van der Waals surface area contributed by atoms with E-state index in [1.807, 2.05) is 49.5 Å². The van der Waals surface area contributed by atoms with Gasteiger partial charge in [0.15, 0.2) is 0 Å². The van der Waals surface area contributed by atoms with Gasteiger partial charge in [-0.25, -0.2) is 8.93 Å². The number of pyridine rings is 1. The van der Waals surface area contributed by atoms with Crippen LogP contribution in [-0.4, -0.2) is 25.6 Å². The summed E-state index contributed by atoms with van der Waals surface area (Å²) in [4.78, 5) is 17.4. The van der Waals surface area contributed by atoms with Crippen LogP contribution in [-0.2, 0) is 24.7 Å². The van der Waals surface area contributed by atoms with E-state index in [1.165, 1.54) is 0 Å². The molecule has 166 valence electrons. The van der Waals surface area contributed by atoms with Gasteiger partial charge in [0.2, 0.25) is 11.3 Å². The summed E-state index contributed by atoms with van der Waals surface area (Å²) >= 11 is 10.6. The monoisotopic (exact) mass is 489 g/mol. The molecule has 1 aliphatic heterocycles. The Labute approximate surface area is 198 Å². The molecule has 2 heterocycles. The lowest BCUT2D eigenvalue weighted by Gasteiger charge is -2.16. The molecular weight excluding hydrogens is 469 g/mol. The van der Waals surface area contributed by atoms with Crippen molar-refractivity contribution in [3.63, 3.8) is 0 Å². The number of benzene rings is 2. The third kappa shape index (κ3) is 4.58. The van der Waals surface area contributed by atoms with Gasteiger partial charge in [-0.05, 0) is 54.3 Å². The number of nitrogens with one attached hydrogen (secondary N) is 1. The molecular formula is C23H21Cl2N3O3S. The molecule has 4 rings (SSSR count). The van der Waals surface area contributed by atoms with Crippen LogP contribution in [0.15, 0.2) is 58.4 Å². The number of rotatable bonds is 5. The maximum atomic E-state index is 12.4. The first-order chi connectivity index (χ1) is 15.2. The van der Waals surface area contributed by atoms with E-state index in [4.69, 9.17) is 32.7 Å². The summed E-state index contributed by atoms with van der Waals surface area (Å²) < 4.78 is 24.0. The Morgan fingerprint density at radius 2 is 1.84 bits per heavy atom. The Morgan fingerprint density at radius 1 is 1.12 bits per heavy atom. The van der Waals surface area contributed by atoms with Crippen molar-refractivity contribution in [2.45, 2.75) is 19.4 Å². The highest BCUT2D eigenvalue weighted by Crippen LogP contribution is 2.39. The lowest BCUT2D eigenvalue weighted by molar-refractivity contribution is 0.549. The Morgan fingerprint density at radius 3 is 2.53 bits per heavy atom. The molecule has 0 saturated heterocycles. The van der Waals surface area contributed by atoms with Crippen LogP contribution in [0.5, 0.6) is 0 Å². The van der Waals surface area contributed by atoms with Gasteiger partial charge in [-0.3, -0.25) is 14.3 Å². The van der Waals surface area contributed by atoms with Gasteiger partial charge in [0, 0.05) is 52.6 Å². The molecule has 6 nitrogen and oxygen atoms in total. The summed E-state index contributed by atoms with van der Waals surface area (Å²) in [6, 6.07) is 12.7. The summed E-state index contributed by atoms with van der Waals surface area (Å²) in [5.74, 6) is 0. The van der Waals surface area contributed by atoms with E-state index in [2.05, 4.69) is 4.72 Å². The van der Waals surface area contributed by atoms with Crippen molar-refractivity contribution in [2.75, 3.05) is 6.54 Å². The zero-order valence-corrected chi connectivity index (χ0v) is 19.8. The molecule has 0 saturated carbocycles. The molecule has 2 N–H and O–H groups in total. The molecule has 0 aliphatic carbocycles. The highest BCUT2D eigenvalue weighted by molar-refractivity contribution is 7.77. The van der Waals surface area contributed by atoms with E-state index in [-0.39, 0.29) is 18.1 Å². The van der Waals surface area contributed by atoms with Crippen molar-refractivity contribution in [1.82, 2.24) is 9.29 Å². The molecule has 9 heteroatoms. The normalized spacial score (nSPS) is 16.0.